The van der Waals surface area contributed by atoms with E-state index in [1.807, 2.05) is 6.92 Å². The molecule has 8 heteroatoms. The van der Waals surface area contributed by atoms with Gasteiger partial charge in [0.2, 0.25) is 0 Å². The molecule has 0 saturated carbocycles. The molecule has 0 aromatic rings. The summed E-state index contributed by atoms with van der Waals surface area (Å²) in [4.78, 5) is 50.1. The van der Waals surface area contributed by atoms with Crippen molar-refractivity contribution in [3.05, 3.63) is 36.5 Å². The lowest BCUT2D eigenvalue weighted by Gasteiger charge is -2.40. The van der Waals surface area contributed by atoms with E-state index in [2.05, 4.69) is 13.2 Å². The van der Waals surface area contributed by atoms with E-state index in [0.717, 1.165) is 0 Å². The zero-order chi connectivity index (χ0) is 23.7. The normalized spacial score (nSPS) is 34.5. The van der Waals surface area contributed by atoms with Crippen LogP contribution < -0.4 is 0 Å². The summed E-state index contributed by atoms with van der Waals surface area (Å²) in [6, 6.07) is 0. The Kier molecular flexibility index (Phi) is 7.26. The molecule has 2 rings (SSSR count). The van der Waals surface area contributed by atoms with Crippen molar-refractivity contribution in [1.29, 1.82) is 0 Å². The molecule has 0 aromatic heterocycles. The van der Waals surface area contributed by atoms with Crippen LogP contribution in [0.3, 0.4) is 0 Å². The number of aliphatic hydroxyl groups is 1. The predicted molar refractivity (Wildman–Crippen MR) is 110 cm³/mol. The van der Waals surface area contributed by atoms with Crippen molar-refractivity contribution in [2.75, 3.05) is 0 Å². The molecule has 170 valence electrons. The van der Waals surface area contributed by atoms with Crippen molar-refractivity contribution in [2.45, 2.75) is 65.0 Å². The van der Waals surface area contributed by atoms with Gasteiger partial charge in [-0.25, -0.2) is 9.59 Å². The topological polar surface area (TPSA) is 116 Å². The second-order valence-electron chi connectivity index (χ2n) is 8.74. The number of carbonyl (C=O) groups is 4. The third-order valence-electron chi connectivity index (χ3n) is 5.52. The van der Waals surface area contributed by atoms with E-state index >= 15 is 0 Å². The first-order chi connectivity index (χ1) is 14.3. The van der Waals surface area contributed by atoms with Gasteiger partial charge >= 0.3 is 17.9 Å². The van der Waals surface area contributed by atoms with Crippen molar-refractivity contribution in [2.24, 2.45) is 17.8 Å². The third kappa shape index (κ3) is 5.12. The number of ketones is 1. The van der Waals surface area contributed by atoms with Gasteiger partial charge in [0, 0.05) is 11.1 Å². The minimum atomic E-state index is -2.26. The van der Waals surface area contributed by atoms with E-state index in [4.69, 9.17) is 14.2 Å². The summed E-state index contributed by atoms with van der Waals surface area (Å²) in [5.74, 6) is -4.67. The number of carbonyl (C=O) groups excluding carboxylic acids is 4. The number of hydrogen-bond donors (Lipinski definition) is 1. The third-order valence-corrected chi connectivity index (χ3v) is 5.52. The van der Waals surface area contributed by atoms with Gasteiger partial charge in [0.25, 0.3) is 0 Å². The Morgan fingerprint density at radius 1 is 1.29 bits per heavy atom. The first-order valence-corrected chi connectivity index (χ1v) is 10.2. The number of fused-ring (bicyclic) bond motifs is 1. The number of hydrogen-bond acceptors (Lipinski definition) is 8. The lowest BCUT2D eigenvalue weighted by Crippen LogP contribution is -2.58. The summed E-state index contributed by atoms with van der Waals surface area (Å²) in [5, 5.41) is 11.2. The van der Waals surface area contributed by atoms with Crippen LogP contribution in [0.5, 0.6) is 0 Å². The molecule has 1 fully saturated rings. The van der Waals surface area contributed by atoms with Gasteiger partial charge in [0.15, 0.2) is 23.6 Å². The maximum Gasteiger partial charge on any atom is 0.334 e. The average Bonchev–Trinajstić information content (AvgIpc) is 2.94. The van der Waals surface area contributed by atoms with E-state index in [1.54, 1.807) is 19.9 Å². The minimum Gasteiger partial charge on any atom is -0.458 e. The van der Waals surface area contributed by atoms with Crippen molar-refractivity contribution >= 4 is 23.7 Å². The number of ether oxygens (including phenoxy) is 3. The second kappa shape index (κ2) is 9.18. The van der Waals surface area contributed by atoms with E-state index in [9.17, 15) is 24.3 Å². The van der Waals surface area contributed by atoms with Crippen molar-refractivity contribution in [3.63, 3.8) is 0 Å². The predicted octanol–water partition coefficient (Wildman–Crippen LogP) is 2.06. The van der Waals surface area contributed by atoms with Crippen LogP contribution in [0, 0.1) is 17.8 Å². The summed E-state index contributed by atoms with van der Waals surface area (Å²) < 4.78 is 16.6. The van der Waals surface area contributed by atoms with Gasteiger partial charge in [-0.15, -0.1) is 0 Å². The van der Waals surface area contributed by atoms with Crippen molar-refractivity contribution in [1.82, 2.24) is 0 Å². The Balaban J connectivity index is 2.69. The molecule has 0 unspecified atom stereocenters. The van der Waals surface area contributed by atoms with E-state index in [1.165, 1.54) is 19.9 Å². The summed E-state index contributed by atoms with van der Waals surface area (Å²) in [7, 11) is 0. The monoisotopic (exact) mass is 434 g/mol. The Hall–Kier alpha value is -2.74. The van der Waals surface area contributed by atoms with Crippen LogP contribution in [0.25, 0.3) is 0 Å². The van der Waals surface area contributed by atoms with Gasteiger partial charge in [-0.1, -0.05) is 40.0 Å². The first-order valence-electron chi connectivity index (χ1n) is 10.2. The lowest BCUT2D eigenvalue weighted by molar-refractivity contribution is -0.197. The summed E-state index contributed by atoms with van der Waals surface area (Å²) in [6.45, 7) is 14.9. The van der Waals surface area contributed by atoms with E-state index < -0.39 is 59.4 Å². The fourth-order valence-corrected chi connectivity index (χ4v) is 3.57. The highest BCUT2D eigenvalue weighted by atomic mass is 16.6. The number of allylic oxidation sites excluding steroid dienone is 1. The quantitative estimate of drug-likeness (QED) is 0.406. The smallest absolute Gasteiger partial charge is 0.334 e. The van der Waals surface area contributed by atoms with Gasteiger partial charge in [-0.05, 0) is 32.3 Å². The fraction of sp³-hybridized carbons (Fsp3) is 0.565. The molecule has 1 heterocycles. The summed E-state index contributed by atoms with van der Waals surface area (Å²) in [6.07, 6.45) is -0.683. The van der Waals surface area contributed by atoms with Crippen LogP contribution in [0.4, 0.5) is 0 Å². The molecule has 0 aromatic carbocycles. The second-order valence-corrected chi connectivity index (χ2v) is 8.74. The van der Waals surface area contributed by atoms with E-state index in [0.29, 0.717) is 6.42 Å². The molecule has 31 heavy (non-hydrogen) atoms. The molecule has 0 bridgehead atoms. The first kappa shape index (κ1) is 24.5. The highest BCUT2D eigenvalue weighted by Crippen LogP contribution is 2.40. The highest BCUT2D eigenvalue weighted by Gasteiger charge is 2.56. The maximum absolute atomic E-state index is 12.9. The zero-order valence-corrected chi connectivity index (χ0v) is 18.5. The molecule has 1 aliphatic heterocycles. The molecule has 0 amide bonds. The number of rotatable bonds is 4. The number of esters is 3. The largest absolute Gasteiger partial charge is 0.458 e. The van der Waals surface area contributed by atoms with Crippen LogP contribution in [0.1, 0.15) is 41.0 Å². The van der Waals surface area contributed by atoms with Crippen LogP contribution in [-0.4, -0.2) is 52.7 Å². The Morgan fingerprint density at radius 2 is 1.90 bits per heavy atom. The molecule has 1 aliphatic carbocycles. The Bertz CT molecular complexity index is 835. The molecule has 1 N–H and O–H groups in total. The van der Waals surface area contributed by atoms with Crippen LogP contribution in [0.15, 0.2) is 36.5 Å². The van der Waals surface area contributed by atoms with Crippen LogP contribution in [0.2, 0.25) is 0 Å². The molecule has 1 saturated heterocycles. The molecule has 2 aliphatic rings. The highest BCUT2D eigenvalue weighted by molar-refractivity contribution is 5.98. The molecule has 0 radical (unpaired) electrons. The van der Waals surface area contributed by atoms with Gasteiger partial charge in [-0.2, -0.15) is 0 Å². The van der Waals surface area contributed by atoms with Crippen molar-refractivity contribution < 1.29 is 38.5 Å². The maximum atomic E-state index is 12.9. The van der Waals surface area contributed by atoms with Gasteiger partial charge < -0.3 is 19.3 Å². The molecule has 8 nitrogen and oxygen atoms in total. The minimum absolute atomic E-state index is 0.00936. The van der Waals surface area contributed by atoms with Crippen LogP contribution >= 0.6 is 0 Å². The fourth-order valence-electron chi connectivity index (χ4n) is 3.57. The molecule has 0 spiro atoms. The standard InChI is InChI=1S/C23H30O8/c1-11(2)20(25)30-18-17-14(6)22(27)29-15(17)10-13(5)8-9-16(24)23(7,28)19(18)31-21(26)12(3)4/h8-9,12-13,15,17-19,28H,1,6,10H2,2-5,7H3/b9-8-/t13-,15+,17+,18-,19+,23-/m0/s1. The van der Waals surface area contributed by atoms with Gasteiger partial charge in [-0.3, -0.25) is 9.59 Å². The zero-order valence-electron chi connectivity index (χ0n) is 18.5. The lowest BCUT2D eigenvalue weighted by atomic mass is 9.77. The van der Waals surface area contributed by atoms with E-state index in [-0.39, 0.29) is 17.1 Å². The molecule has 6 atom stereocenters. The summed E-state index contributed by atoms with van der Waals surface area (Å²) in [5.41, 5.74) is -2.19. The van der Waals surface area contributed by atoms with Crippen molar-refractivity contribution in [3.8, 4) is 0 Å². The Morgan fingerprint density at radius 3 is 2.45 bits per heavy atom. The molecular weight excluding hydrogens is 404 g/mol. The summed E-state index contributed by atoms with van der Waals surface area (Å²) >= 11 is 0. The van der Waals surface area contributed by atoms with Gasteiger partial charge in [0.05, 0.1) is 11.8 Å². The Labute approximate surface area is 181 Å². The molecular formula is C23H30O8. The average molecular weight is 434 g/mol. The van der Waals surface area contributed by atoms with Crippen LogP contribution in [-0.2, 0) is 33.4 Å². The van der Waals surface area contributed by atoms with Gasteiger partial charge in [0.1, 0.15) is 6.10 Å². The SMILES string of the molecule is C=C(C)C(=O)O[C@H]1[C@@H]2C(=C)C(=O)O[C@@H]2C[C@@H](C)/C=C\C(=O)[C@](C)(O)[C@@H]1OC(=O)C(C)C.